The molecule has 0 unspecified atom stereocenters. The monoisotopic (exact) mass is 331 g/mol. The Morgan fingerprint density at radius 2 is 1.70 bits per heavy atom. The molecule has 0 spiro atoms. The number of nitrogen functional groups attached to an aromatic ring is 1. The van der Waals surface area contributed by atoms with E-state index in [2.05, 4.69) is 10.1 Å². The molecule has 0 aliphatic rings. The van der Waals surface area contributed by atoms with Crippen LogP contribution in [-0.4, -0.2) is 8.42 Å². The summed E-state index contributed by atoms with van der Waals surface area (Å²) in [5.74, 6) is 5.31. The van der Waals surface area contributed by atoms with Gasteiger partial charge in [0.15, 0.2) is 0 Å². The number of sulfonamides is 1. The van der Waals surface area contributed by atoms with Gasteiger partial charge in [0.25, 0.3) is 10.0 Å². The molecular formula is C12H11Cl2N3O2S. The number of benzene rings is 2. The summed E-state index contributed by atoms with van der Waals surface area (Å²) >= 11 is 11.8. The van der Waals surface area contributed by atoms with E-state index in [1.807, 2.05) is 0 Å². The molecule has 0 radical (unpaired) electrons. The molecule has 20 heavy (non-hydrogen) atoms. The number of anilines is 2. The highest BCUT2D eigenvalue weighted by Gasteiger charge is 2.19. The lowest BCUT2D eigenvalue weighted by molar-refractivity contribution is 0.601. The van der Waals surface area contributed by atoms with E-state index in [0.29, 0.717) is 5.02 Å². The van der Waals surface area contributed by atoms with Crippen molar-refractivity contribution in [3.8, 4) is 0 Å². The number of hydrogen-bond donors (Lipinski definition) is 3. The molecule has 2 aromatic rings. The Kier molecular flexibility index (Phi) is 4.39. The largest absolute Gasteiger partial charge is 0.323 e. The third-order valence-electron chi connectivity index (χ3n) is 2.50. The lowest BCUT2D eigenvalue weighted by Gasteiger charge is -2.12. The molecule has 0 saturated heterocycles. The average Bonchev–Trinajstić information content (AvgIpc) is 2.42. The first-order chi connectivity index (χ1) is 9.44. The molecule has 106 valence electrons. The number of hydrazine groups is 1. The van der Waals surface area contributed by atoms with E-state index in [1.54, 1.807) is 24.3 Å². The summed E-state index contributed by atoms with van der Waals surface area (Å²) in [7, 11) is -3.83. The zero-order valence-corrected chi connectivity index (χ0v) is 12.4. The Hall–Kier alpha value is -1.47. The first kappa shape index (κ1) is 14.9. The predicted molar refractivity (Wildman–Crippen MR) is 81.5 cm³/mol. The van der Waals surface area contributed by atoms with Crippen LogP contribution < -0.4 is 16.0 Å². The van der Waals surface area contributed by atoms with Gasteiger partial charge in [0.2, 0.25) is 0 Å². The minimum atomic E-state index is -3.83. The minimum Gasteiger partial charge on any atom is -0.323 e. The maximum absolute atomic E-state index is 12.3. The molecule has 0 bridgehead atoms. The zero-order chi connectivity index (χ0) is 14.8. The number of nitrogens with one attached hydrogen (secondary N) is 2. The fourth-order valence-electron chi connectivity index (χ4n) is 1.60. The number of rotatable bonds is 4. The maximum Gasteiger partial charge on any atom is 0.264 e. The van der Waals surface area contributed by atoms with Crippen LogP contribution in [0.15, 0.2) is 47.4 Å². The molecule has 2 aromatic carbocycles. The summed E-state index contributed by atoms with van der Waals surface area (Å²) in [4.78, 5) is 0.0125. The van der Waals surface area contributed by atoms with Crippen LogP contribution in [0.2, 0.25) is 10.0 Å². The molecule has 2 rings (SSSR count). The summed E-state index contributed by atoms with van der Waals surface area (Å²) in [6.45, 7) is 0. The molecule has 4 N–H and O–H groups in total. The van der Waals surface area contributed by atoms with Gasteiger partial charge in [-0.05, 0) is 30.3 Å². The quantitative estimate of drug-likeness (QED) is 0.593. The second-order valence-corrected chi connectivity index (χ2v) is 6.36. The first-order valence-corrected chi connectivity index (χ1v) is 7.71. The van der Waals surface area contributed by atoms with E-state index < -0.39 is 10.0 Å². The SMILES string of the molecule is NNc1ccccc1S(=O)(=O)Nc1cc(Cl)ccc1Cl. The van der Waals surface area contributed by atoms with Crippen molar-refractivity contribution in [2.45, 2.75) is 4.90 Å². The molecule has 0 fully saturated rings. The van der Waals surface area contributed by atoms with Crippen LogP contribution >= 0.6 is 23.2 Å². The first-order valence-electron chi connectivity index (χ1n) is 5.47. The number of hydrogen-bond acceptors (Lipinski definition) is 4. The van der Waals surface area contributed by atoms with E-state index >= 15 is 0 Å². The molecule has 0 aliphatic carbocycles. The topological polar surface area (TPSA) is 84.2 Å². The molecule has 5 nitrogen and oxygen atoms in total. The number of nitrogens with two attached hydrogens (primary N) is 1. The third kappa shape index (κ3) is 3.16. The normalized spacial score (nSPS) is 11.2. The van der Waals surface area contributed by atoms with Crippen molar-refractivity contribution in [3.05, 3.63) is 52.5 Å². The highest BCUT2D eigenvalue weighted by Crippen LogP contribution is 2.29. The van der Waals surface area contributed by atoms with Crippen molar-refractivity contribution in [3.63, 3.8) is 0 Å². The molecule has 8 heteroatoms. The molecule has 0 atom stereocenters. The highest BCUT2D eigenvalue weighted by molar-refractivity contribution is 7.92. The van der Waals surface area contributed by atoms with Gasteiger partial charge in [-0.15, -0.1) is 0 Å². The Bertz CT molecular complexity index is 735. The number of halogens is 2. The lowest BCUT2D eigenvalue weighted by atomic mass is 10.3. The summed E-state index contributed by atoms with van der Waals surface area (Å²) in [5, 5.41) is 0.619. The summed E-state index contributed by atoms with van der Waals surface area (Å²) < 4.78 is 27.1. The van der Waals surface area contributed by atoms with Crippen LogP contribution in [-0.2, 0) is 10.0 Å². The van der Waals surface area contributed by atoms with Gasteiger partial charge in [0.1, 0.15) is 4.90 Å². The van der Waals surface area contributed by atoms with Crippen LogP contribution in [0.4, 0.5) is 11.4 Å². The molecule has 0 aromatic heterocycles. The predicted octanol–water partition coefficient (Wildman–Crippen LogP) is 3.08. The lowest BCUT2D eigenvalue weighted by Crippen LogP contribution is -2.17. The van der Waals surface area contributed by atoms with Gasteiger partial charge in [-0.1, -0.05) is 35.3 Å². The van der Waals surface area contributed by atoms with E-state index in [0.717, 1.165) is 0 Å². The molecular weight excluding hydrogens is 321 g/mol. The minimum absolute atomic E-state index is 0.0125. The second kappa shape index (κ2) is 5.88. The molecule has 0 aliphatic heterocycles. The van der Waals surface area contributed by atoms with Gasteiger partial charge in [-0.3, -0.25) is 10.6 Å². The van der Waals surface area contributed by atoms with Gasteiger partial charge in [-0.25, -0.2) is 8.42 Å². The van der Waals surface area contributed by atoms with Gasteiger partial charge in [-0.2, -0.15) is 0 Å². The van der Waals surface area contributed by atoms with Crippen molar-refractivity contribution < 1.29 is 8.42 Å². The van der Waals surface area contributed by atoms with Crippen molar-refractivity contribution in [2.24, 2.45) is 5.84 Å². The van der Waals surface area contributed by atoms with Crippen molar-refractivity contribution in [1.82, 2.24) is 0 Å². The van der Waals surface area contributed by atoms with E-state index in [-0.39, 0.29) is 21.3 Å². The second-order valence-electron chi connectivity index (χ2n) is 3.87. The fraction of sp³-hybridized carbons (Fsp3) is 0. The Balaban J connectivity index is 2.43. The van der Waals surface area contributed by atoms with Crippen molar-refractivity contribution in [2.75, 3.05) is 10.1 Å². The van der Waals surface area contributed by atoms with Gasteiger partial charge in [0.05, 0.1) is 16.4 Å². The third-order valence-corrected chi connectivity index (χ3v) is 4.49. The fourth-order valence-corrected chi connectivity index (χ4v) is 3.23. The Labute approximate surface area is 126 Å². The average molecular weight is 332 g/mol. The zero-order valence-electron chi connectivity index (χ0n) is 10.1. The van der Waals surface area contributed by atoms with E-state index in [4.69, 9.17) is 29.0 Å². The van der Waals surface area contributed by atoms with Crippen LogP contribution in [0.25, 0.3) is 0 Å². The van der Waals surface area contributed by atoms with Crippen LogP contribution in [0.3, 0.4) is 0 Å². The van der Waals surface area contributed by atoms with E-state index in [9.17, 15) is 8.42 Å². The maximum atomic E-state index is 12.3. The van der Waals surface area contributed by atoms with E-state index in [1.165, 1.54) is 18.2 Å². The van der Waals surface area contributed by atoms with Crippen molar-refractivity contribution in [1.29, 1.82) is 0 Å². The van der Waals surface area contributed by atoms with Crippen LogP contribution in [0.5, 0.6) is 0 Å². The summed E-state index contributed by atoms with van der Waals surface area (Å²) in [6, 6.07) is 10.7. The van der Waals surface area contributed by atoms with Gasteiger partial charge >= 0.3 is 0 Å². The molecule has 0 heterocycles. The Morgan fingerprint density at radius 1 is 1.00 bits per heavy atom. The highest BCUT2D eigenvalue weighted by atomic mass is 35.5. The smallest absolute Gasteiger partial charge is 0.264 e. The Morgan fingerprint density at radius 3 is 2.40 bits per heavy atom. The number of para-hydroxylation sites is 1. The van der Waals surface area contributed by atoms with Crippen LogP contribution in [0, 0.1) is 0 Å². The van der Waals surface area contributed by atoms with Gasteiger partial charge in [0, 0.05) is 5.02 Å². The van der Waals surface area contributed by atoms with Crippen LogP contribution in [0.1, 0.15) is 0 Å². The molecule has 0 saturated carbocycles. The standard InChI is InChI=1S/C12H11Cl2N3O2S/c13-8-5-6-9(14)11(7-8)17-20(18,19)12-4-2-1-3-10(12)16-15/h1-7,16-17H,15H2. The van der Waals surface area contributed by atoms with Gasteiger partial charge < -0.3 is 5.43 Å². The summed E-state index contributed by atoms with van der Waals surface area (Å²) in [6.07, 6.45) is 0. The summed E-state index contributed by atoms with van der Waals surface area (Å²) in [5.41, 5.74) is 2.81. The van der Waals surface area contributed by atoms with Crippen molar-refractivity contribution >= 4 is 44.6 Å². The molecule has 0 amide bonds.